The summed E-state index contributed by atoms with van der Waals surface area (Å²) in [6.45, 7) is 4.02. The molecule has 0 fully saturated rings. The molecular weight excluding hydrogens is 378 g/mol. The van der Waals surface area contributed by atoms with Crippen LogP contribution >= 0.6 is 0 Å². The predicted octanol–water partition coefficient (Wildman–Crippen LogP) is 2.20. The Balaban J connectivity index is 2.01. The number of benzene rings is 1. The number of nitrogens with one attached hydrogen (secondary N) is 2. The minimum Gasteiger partial charge on any atom is -0.436 e. The van der Waals surface area contributed by atoms with E-state index in [0.717, 1.165) is 10.9 Å². The summed E-state index contributed by atoms with van der Waals surface area (Å²) in [4.78, 5) is 46.4. The third-order valence-corrected chi connectivity index (χ3v) is 4.31. The number of anilines is 1. The van der Waals surface area contributed by atoms with Crippen molar-refractivity contribution in [3.63, 3.8) is 0 Å². The van der Waals surface area contributed by atoms with Crippen molar-refractivity contribution >= 4 is 34.6 Å². The van der Waals surface area contributed by atoms with Crippen molar-refractivity contribution < 1.29 is 23.5 Å². The van der Waals surface area contributed by atoms with E-state index in [-0.39, 0.29) is 12.3 Å². The minimum absolute atomic E-state index is 0.0501. The van der Waals surface area contributed by atoms with E-state index in [0.29, 0.717) is 37.1 Å². The summed E-state index contributed by atoms with van der Waals surface area (Å²) in [6, 6.07) is 6.31. The van der Waals surface area contributed by atoms with E-state index in [1.165, 1.54) is 12.1 Å². The van der Waals surface area contributed by atoms with E-state index in [2.05, 4.69) is 10.6 Å². The molecule has 0 spiro atoms. The lowest BCUT2D eigenvalue weighted by molar-refractivity contribution is -0.124. The van der Waals surface area contributed by atoms with Crippen LogP contribution in [0.15, 0.2) is 33.5 Å². The molecule has 1 aromatic heterocycles. The van der Waals surface area contributed by atoms with Gasteiger partial charge in [0.25, 0.3) is 5.91 Å². The molecule has 9 heteroatoms. The maximum Gasteiger partial charge on any atom is 0.405 e. The van der Waals surface area contributed by atoms with Crippen molar-refractivity contribution in [2.24, 2.45) is 5.73 Å². The number of hydrogen-bond donors (Lipinski definition) is 3. The van der Waals surface area contributed by atoms with Crippen molar-refractivity contribution in [1.82, 2.24) is 5.32 Å². The third kappa shape index (κ3) is 6.63. The highest BCUT2D eigenvalue weighted by Gasteiger charge is 2.22. The molecule has 1 heterocycles. The third-order valence-electron chi connectivity index (χ3n) is 4.31. The van der Waals surface area contributed by atoms with Gasteiger partial charge in [0, 0.05) is 36.2 Å². The molecule has 4 N–H and O–H groups in total. The molecule has 9 nitrogen and oxygen atoms in total. The summed E-state index contributed by atoms with van der Waals surface area (Å²) in [5.41, 5.74) is 6.09. The van der Waals surface area contributed by atoms with Crippen LogP contribution in [0.25, 0.3) is 11.0 Å². The number of carbonyl (C=O) groups excluding carboxylic acids is 3. The van der Waals surface area contributed by atoms with Crippen LogP contribution in [0.1, 0.15) is 38.2 Å². The number of primary amides is 1. The average Bonchev–Trinajstić information content (AvgIpc) is 2.65. The van der Waals surface area contributed by atoms with Gasteiger partial charge in [0.05, 0.1) is 0 Å². The van der Waals surface area contributed by atoms with Crippen LogP contribution in [0.5, 0.6) is 0 Å². The predicted molar refractivity (Wildman–Crippen MR) is 107 cm³/mol. The molecule has 156 valence electrons. The second-order valence-corrected chi connectivity index (χ2v) is 6.57. The molecule has 0 aliphatic rings. The highest BCUT2D eigenvalue weighted by Crippen LogP contribution is 2.21. The lowest BCUT2D eigenvalue weighted by atomic mass is 10.1. The molecular formula is C20H25N3O6. The molecule has 29 heavy (non-hydrogen) atoms. The van der Waals surface area contributed by atoms with Crippen LogP contribution in [0.4, 0.5) is 10.5 Å². The number of rotatable bonds is 9. The maximum absolute atomic E-state index is 12.5. The van der Waals surface area contributed by atoms with E-state index >= 15 is 0 Å². The van der Waals surface area contributed by atoms with Gasteiger partial charge in [-0.1, -0.05) is 6.92 Å². The fourth-order valence-electron chi connectivity index (χ4n) is 2.82. The number of nitrogens with two attached hydrogens (primary N) is 1. The van der Waals surface area contributed by atoms with Crippen LogP contribution in [-0.2, 0) is 14.3 Å². The van der Waals surface area contributed by atoms with Crippen LogP contribution in [-0.4, -0.2) is 30.6 Å². The number of carbonyl (C=O) groups is 3. The molecule has 3 amide bonds. The fourth-order valence-corrected chi connectivity index (χ4v) is 2.82. The Morgan fingerprint density at radius 1 is 1.21 bits per heavy atom. The number of unbranched alkanes of at least 4 members (excludes halogenated alkanes) is 1. The number of hydrogen-bond acceptors (Lipinski definition) is 6. The standard InChI is InChI=1S/C20H25N3O6/c1-3-17(24)22-9-5-4-6-15(29-20(21)27)19(26)23-13-7-8-14-12(2)10-18(25)28-16(14)11-13/h7-8,10-11,15H,3-6,9H2,1-2H3,(H2,21,27)(H,22,24)(H,23,26)/t15-/m0/s1. The van der Waals surface area contributed by atoms with Gasteiger partial charge >= 0.3 is 11.7 Å². The van der Waals surface area contributed by atoms with Gasteiger partial charge in [-0.25, -0.2) is 9.59 Å². The Kier molecular flexibility index (Phi) is 7.76. The number of fused-ring (bicyclic) bond motifs is 1. The molecule has 0 unspecified atom stereocenters. The highest BCUT2D eigenvalue weighted by molar-refractivity contribution is 5.97. The summed E-state index contributed by atoms with van der Waals surface area (Å²) in [5, 5.41) is 6.13. The van der Waals surface area contributed by atoms with E-state index in [9.17, 15) is 19.2 Å². The van der Waals surface area contributed by atoms with Crippen LogP contribution in [0.3, 0.4) is 0 Å². The largest absolute Gasteiger partial charge is 0.436 e. The number of ether oxygens (including phenoxy) is 1. The van der Waals surface area contributed by atoms with E-state index < -0.39 is 23.7 Å². The average molecular weight is 403 g/mol. The van der Waals surface area contributed by atoms with Crippen molar-refractivity contribution in [2.45, 2.75) is 45.6 Å². The van der Waals surface area contributed by atoms with Crippen LogP contribution in [0, 0.1) is 6.92 Å². The molecule has 1 aromatic carbocycles. The Morgan fingerprint density at radius 2 is 1.97 bits per heavy atom. The molecule has 2 rings (SSSR count). The normalized spacial score (nSPS) is 11.7. The smallest absolute Gasteiger partial charge is 0.405 e. The lowest BCUT2D eigenvalue weighted by Gasteiger charge is -2.16. The zero-order chi connectivity index (χ0) is 21.4. The Morgan fingerprint density at radius 3 is 2.66 bits per heavy atom. The molecule has 1 atom stereocenters. The van der Waals surface area contributed by atoms with Gasteiger partial charge in [-0.3, -0.25) is 9.59 Å². The maximum atomic E-state index is 12.5. The molecule has 2 aromatic rings. The van der Waals surface area contributed by atoms with Gasteiger partial charge in [0.1, 0.15) is 5.58 Å². The van der Waals surface area contributed by atoms with E-state index in [1.807, 2.05) is 0 Å². The highest BCUT2D eigenvalue weighted by atomic mass is 16.6. The lowest BCUT2D eigenvalue weighted by Crippen LogP contribution is -2.34. The number of amides is 3. The van der Waals surface area contributed by atoms with Crippen molar-refractivity contribution in [3.8, 4) is 0 Å². The fraction of sp³-hybridized carbons (Fsp3) is 0.400. The first-order valence-electron chi connectivity index (χ1n) is 9.38. The van der Waals surface area contributed by atoms with Gasteiger partial charge < -0.3 is 25.5 Å². The SMILES string of the molecule is CCC(=O)NCCCC[C@H](OC(N)=O)C(=O)Nc1ccc2c(C)cc(=O)oc2c1. The van der Waals surface area contributed by atoms with Gasteiger partial charge in [-0.2, -0.15) is 0 Å². The van der Waals surface area contributed by atoms with Crippen LogP contribution < -0.4 is 22.0 Å². The van der Waals surface area contributed by atoms with E-state index in [1.54, 1.807) is 26.0 Å². The first kappa shape index (κ1) is 21.9. The van der Waals surface area contributed by atoms with Gasteiger partial charge in [-0.05, 0) is 43.9 Å². The number of aryl methyl sites for hydroxylation is 1. The molecule has 0 aliphatic heterocycles. The Bertz CT molecular complexity index is 953. The van der Waals surface area contributed by atoms with Crippen LogP contribution in [0.2, 0.25) is 0 Å². The second-order valence-electron chi connectivity index (χ2n) is 6.57. The summed E-state index contributed by atoms with van der Waals surface area (Å²) >= 11 is 0. The van der Waals surface area contributed by atoms with Crippen molar-refractivity contribution in [2.75, 3.05) is 11.9 Å². The second kappa shape index (κ2) is 10.3. The molecule has 0 radical (unpaired) electrons. The van der Waals surface area contributed by atoms with Gasteiger partial charge in [0.2, 0.25) is 5.91 Å². The van der Waals surface area contributed by atoms with Gasteiger partial charge in [0.15, 0.2) is 6.10 Å². The topological polar surface area (TPSA) is 141 Å². The summed E-state index contributed by atoms with van der Waals surface area (Å²) in [6.07, 6.45) is -0.307. The monoisotopic (exact) mass is 403 g/mol. The Hall–Kier alpha value is -3.36. The quantitative estimate of drug-likeness (QED) is 0.433. The van der Waals surface area contributed by atoms with Crippen molar-refractivity contribution in [1.29, 1.82) is 0 Å². The first-order chi connectivity index (χ1) is 13.8. The van der Waals surface area contributed by atoms with Crippen molar-refractivity contribution in [3.05, 3.63) is 40.2 Å². The first-order valence-corrected chi connectivity index (χ1v) is 9.38. The zero-order valence-electron chi connectivity index (χ0n) is 16.4. The summed E-state index contributed by atoms with van der Waals surface area (Å²) in [5.74, 6) is -0.596. The molecule has 0 aliphatic carbocycles. The van der Waals surface area contributed by atoms with E-state index in [4.69, 9.17) is 14.9 Å². The molecule has 0 saturated heterocycles. The molecule has 0 bridgehead atoms. The summed E-state index contributed by atoms with van der Waals surface area (Å²) < 4.78 is 10.1. The summed E-state index contributed by atoms with van der Waals surface area (Å²) in [7, 11) is 0. The molecule has 0 saturated carbocycles. The minimum atomic E-state index is -1.07. The zero-order valence-corrected chi connectivity index (χ0v) is 16.4. The Labute approximate surface area is 167 Å². The van der Waals surface area contributed by atoms with Gasteiger partial charge in [-0.15, -0.1) is 0 Å².